The van der Waals surface area contributed by atoms with E-state index in [9.17, 15) is 9.59 Å². The summed E-state index contributed by atoms with van der Waals surface area (Å²) in [5.74, 6) is 0.205. The molecule has 0 fully saturated rings. The lowest BCUT2D eigenvalue weighted by molar-refractivity contribution is -0.133. The van der Waals surface area contributed by atoms with E-state index in [0.717, 1.165) is 11.3 Å². The van der Waals surface area contributed by atoms with E-state index in [-0.39, 0.29) is 24.8 Å². The highest BCUT2D eigenvalue weighted by molar-refractivity contribution is 6.39. The summed E-state index contributed by atoms with van der Waals surface area (Å²) in [6.45, 7) is 2.20. The van der Waals surface area contributed by atoms with Gasteiger partial charge in [0.05, 0.1) is 28.9 Å². The zero-order valence-corrected chi connectivity index (χ0v) is 17.9. The number of nitrogens with zero attached hydrogens (tertiary/aromatic N) is 1. The van der Waals surface area contributed by atoms with Crippen molar-refractivity contribution >= 4 is 52.3 Å². The first-order valence-corrected chi connectivity index (χ1v) is 9.78. The minimum Gasteiger partial charge on any atom is -0.493 e. The predicted octanol–water partition coefficient (Wildman–Crippen LogP) is 5.21. The van der Waals surface area contributed by atoms with Crippen molar-refractivity contribution in [3.63, 3.8) is 0 Å². The highest BCUT2D eigenvalue weighted by Crippen LogP contribution is 2.29. The molecule has 0 unspecified atom stereocenters. The molecule has 0 radical (unpaired) electrons. The number of nitrogens with one attached hydrogen (secondary N) is 1. The topological polar surface area (TPSA) is 58.6 Å². The van der Waals surface area contributed by atoms with E-state index in [1.165, 1.54) is 4.90 Å². The summed E-state index contributed by atoms with van der Waals surface area (Å²) < 4.78 is 5.67. The van der Waals surface area contributed by atoms with Crippen LogP contribution in [0.3, 0.4) is 0 Å². The predicted molar refractivity (Wildman–Crippen MR) is 114 cm³/mol. The highest BCUT2D eigenvalue weighted by Gasteiger charge is 2.15. The maximum Gasteiger partial charge on any atom is 0.244 e. The molecule has 2 amide bonds. The summed E-state index contributed by atoms with van der Waals surface area (Å²) in [6.07, 6.45) is 0.798. The molecule has 8 heteroatoms. The van der Waals surface area contributed by atoms with Crippen LogP contribution in [0.5, 0.6) is 5.75 Å². The Morgan fingerprint density at radius 1 is 1.11 bits per heavy atom. The molecule has 0 aliphatic heterocycles. The van der Waals surface area contributed by atoms with E-state index in [2.05, 4.69) is 5.32 Å². The summed E-state index contributed by atoms with van der Waals surface area (Å²) in [7, 11) is 1.57. The van der Waals surface area contributed by atoms with Crippen LogP contribution in [-0.2, 0) is 9.59 Å². The third kappa shape index (κ3) is 6.59. The smallest absolute Gasteiger partial charge is 0.244 e. The molecule has 2 aromatic rings. The number of hydrogen-bond donors (Lipinski definition) is 1. The van der Waals surface area contributed by atoms with Gasteiger partial charge in [-0.3, -0.25) is 9.59 Å². The third-order valence-electron chi connectivity index (χ3n) is 3.96. The van der Waals surface area contributed by atoms with E-state index in [1.54, 1.807) is 37.4 Å². The van der Waals surface area contributed by atoms with Crippen LogP contribution in [0.4, 0.5) is 5.69 Å². The second kappa shape index (κ2) is 10.6. The van der Waals surface area contributed by atoms with Gasteiger partial charge in [0.1, 0.15) is 5.75 Å². The SMILES string of the molecule is Cc1cc(Cl)ccc1OCCCC(=O)N(C)CC(=O)Nc1c(Cl)cccc1Cl. The summed E-state index contributed by atoms with van der Waals surface area (Å²) in [6, 6.07) is 10.3. The number of likely N-dealkylation sites (N-methyl/N-ethyl adjacent to an activating group) is 1. The van der Waals surface area contributed by atoms with E-state index in [1.807, 2.05) is 13.0 Å². The van der Waals surface area contributed by atoms with Crippen LogP contribution in [0.2, 0.25) is 15.1 Å². The summed E-state index contributed by atoms with van der Waals surface area (Å²) in [5, 5.41) is 3.96. The van der Waals surface area contributed by atoms with Gasteiger partial charge in [-0.2, -0.15) is 0 Å². The zero-order chi connectivity index (χ0) is 20.7. The number of halogens is 3. The van der Waals surface area contributed by atoms with Gasteiger partial charge in [0.25, 0.3) is 0 Å². The monoisotopic (exact) mass is 442 g/mol. The Bertz CT molecular complexity index is 838. The van der Waals surface area contributed by atoms with Crippen molar-refractivity contribution < 1.29 is 14.3 Å². The van der Waals surface area contributed by atoms with Crippen LogP contribution in [0.15, 0.2) is 36.4 Å². The molecule has 0 aromatic heterocycles. The molecule has 28 heavy (non-hydrogen) atoms. The van der Waals surface area contributed by atoms with Crippen LogP contribution < -0.4 is 10.1 Å². The second-order valence-electron chi connectivity index (χ2n) is 6.26. The first-order valence-electron chi connectivity index (χ1n) is 8.64. The molecule has 0 atom stereocenters. The molecule has 2 aromatic carbocycles. The number of para-hydroxylation sites is 1. The number of carbonyl (C=O) groups is 2. The lowest BCUT2D eigenvalue weighted by Gasteiger charge is -2.17. The zero-order valence-electron chi connectivity index (χ0n) is 15.6. The Labute approximate surface area is 179 Å². The van der Waals surface area contributed by atoms with Gasteiger partial charge < -0.3 is 15.0 Å². The number of amides is 2. The molecule has 0 heterocycles. The average molecular weight is 444 g/mol. The van der Waals surface area contributed by atoms with Gasteiger partial charge in [-0.25, -0.2) is 0 Å². The molecule has 0 aliphatic carbocycles. The average Bonchev–Trinajstić information content (AvgIpc) is 2.63. The molecule has 0 bridgehead atoms. The maximum absolute atomic E-state index is 12.2. The van der Waals surface area contributed by atoms with Crippen LogP contribution in [0, 0.1) is 6.92 Å². The van der Waals surface area contributed by atoms with Crippen LogP contribution >= 0.6 is 34.8 Å². The molecular formula is C20H21Cl3N2O3. The standard InChI is InChI=1S/C20H21Cl3N2O3/c1-13-11-14(21)8-9-17(13)28-10-4-7-19(27)25(2)12-18(26)24-20-15(22)5-3-6-16(20)23/h3,5-6,8-9,11H,4,7,10,12H2,1-2H3,(H,24,26). The third-order valence-corrected chi connectivity index (χ3v) is 4.83. The Kier molecular flexibility index (Phi) is 8.42. The number of anilines is 1. The first-order chi connectivity index (χ1) is 13.3. The van der Waals surface area contributed by atoms with E-state index in [0.29, 0.717) is 33.8 Å². The Morgan fingerprint density at radius 2 is 1.79 bits per heavy atom. The van der Waals surface area contributed by atoms with Gasteiger partial charge in [0.2, 0.25) is 11.8 Å². The van der Waals surface area contributed by atoms with Gasteiger partial charge in [-0.15, -0.1) is 0 Å². The Hall–Kier alpha value is -1.95. The number of hydrogen-bond acceptors (Lipinski definition) is 3. The highest BCUT2D eigenvalue weighted by atomic mass is 35.5. The minimum atomic E-state index is -0.376. The van der Waals surface area contributed by atoms with Crippen LogP contribution in [-0.4, -0.2) is 36.9 Å². The van der Waals surface area contributed by atoms with Crippen molar-refractivity contribution in [2.45, 2.75) is 19.8 Å². The summed E-state index contributed by atoms with van der Waals surface area (Å²) >= 11 is 18.0. The Morgan fingerprint density at radius 3 is 2.43 bits per heavy atom. The molecule has 1 N–H and O–H groups in total. The molecule has 150 valence electrons. The second-order valence-corrected chi connectivity index (χ2v) is 7.51. The number of carbonyl (C=O) groups excluding carboxylic acids is 2. The van der Waals surface area contributed by atoms with Crippen molar-refractivity contribution in [1.29, 1.82) is 0 Å². The van der Waals surface area contributed by atoms with Crippen molar-refractivity contribution in [2.24, 2.45) is 0 Å². The van der Waals surface area contributed by atoms with Gasteiger partial charge >= 0.3 is 0 Å². The molecular weight excluding hydrogens is 423 g/mol. The number of rotatable bonds is 8. The van der Waals surface area contributed by atoms with Crippen molar-refractivity contribution in [2.75, 3.05) is 25.5 Å². The van der Waals surface area contributed by atoms with Crippen LogP contribution in [0.25, 0.3) is 0 Å². The number of benzene rings is 2. The van der Waals surface area contributed by atoms with Crippen molar-refractivity contribution in [1.82, 2.24) is 4.90 Å². The fraction of sp³-hybridized carbons (Fsp3) is 0.300. The molecule has 5 nitrogen and oxygen atoms in total. The largest absolute Gasteiger partial charge is 0.493 e. The van der Waals surface area contributed by atoms with Gasteiger partial charge in [0.15, 0.2) is 0 Å². The van der Waals surface area contributed by atoms with Crippen molar-refractivity contribution in [3.8, 4) is 5.75 Å². The van der Waals surface area contributed by atoms with Gasteiger partial charge in [-0.1, -0.05) is 40.9 Å². The van der Waals surface area contributed by atoms with Gasteiger partial charge in [-0.05, 0) is 49.2 Å². The molecule has 2 rings (SSSR count). The summed E-state index contributed by atoms with van der Waals surface area (Å²) in [5.41, 5.74) is 1.27. The van der Waals surface area contributed by atoms with E-state index in [4.69, 9.17) is 39.5 Å². The Balaban J connectivity index is 1.75. The minimum absolute atomic E-state index is 0.0997. The first kappa shape index (κ1) is 22.3. The number of aryl methyl sites for hydroxylation is 1. The molecule has 0 spiro atoms. The van der Waals surface area contributed by atoms with Crippen LogP contribution in [0.1, 0.15) is 18.4 Å². The normalized spacial score (nSPS) is 10.5. The summed E-state index contributed by atoms with van der Waals surface area (Å²) in [4.78, 5) is 25.7. The van der Waals surface area contributed by atoms with Gasteiger partial charge in [0, 0.05) is 18.5 Å². The molecule has 0 saturated carbocycles. The van der Waals surface area contributed by atoms with E-state index < -0.39 is 0 Å². The quantitative estimate of drug-likeness (QED) is 0.570. The lowest BCUT2D eigenvalue weighted by Crippen LogP contribution is -2.35. The number of ether oxygens (including phenoxy) is 1. The fourth-order valence-electron chi connectivity index (χ4n) is 2.47. The maximum atomic E-state index is 12.2. The van der Waals surface area contributed by atoms with E-state index >= 15 is 0 Å². The lowest BCUT2D eigenvalue weighted by atomic mass is 10.2. The molecule has 0 aliphatic rings. The van der Waals surface area contributed by atoms with Crippen molar-refractivity contribution in [3.05, 3.63) is 57.0 Å². The fourth-order valence-corrected chi connectivity index (χ4v) is 3.19. The molecule has 0 saturated heterocycles.